The smallest absolute Gasteiger partial charge is 0.331 e. The zero-order valence-corrected chi connectivity index (χ0v) is 18.9. The zero-order valence-electron chi connectivity index (χ0n) is 18.1. The topological polar surface area (TPSA) is 120 Å². The highest BCUT2D eigenvalue weighted by Crippen LogP contribution is 2.22. The molecule has 4 rings (SSSR count). The molecule has 1 aromatic carbocycles. The van der Waals surface area contributed by atoms with Crippen LogP contribution in [-0.2, 0) is 20.1 Å². The lowest BCUT2D eigenvalue weighted by atomic mass is 10.2. The van der Waals surface area contributed by atoms with Crippen molar-refractivity contribution in [2.75, 3.05) is 19.0 Å². The van der Waals surface area contributed by atoms with Crippen LogP contribution in [0.2, 0.25) is 0 Å². The van der Waals surface area contributed by atoms with Crippen molar-refractivity contribution in [1.82, 2.24) is 24.4 Å². The summed E-state index contributed by atoms with van der Waals surface area (Å²) in [5, 5.41) is 6.15. The summed E-state index contributed by atoms with van der Waals surface area (Å²) in [5.74, 6) is 0.793. The Hall–Kier alpha value is -3.99. The maximum Gasteiger partial charge on any atom is 0.331 e. The predicted molar refractivity (Wildman–Crippen MR) is 126 cm³/mol. The van der Waals surface area contributed by atoms with Gasteiger partial charge in [0.2, 0.25) is 5.95 Å². The molecular formula is C22H22N6O4S. The molecule has 4 aromatic rings. The van der Waals surface area contributed by atoms with Crippen molar-refractivity contribution in [2.24, 2.45) is 7.05 Å². The number of carbonyl (C=O) groups excluding carboxylic acids is 1. The first-order valence-corrected chi connectivity index (χ1v) is 10.9. The van der Waals surface area contributed by atoms with Gasteiger partial charge in [-0.2, -0.15) is 0 Å². The van der Waals surface area contributed by atoms with Crippen molar-refractivity contribution in [2.45, 2.75) is 13.1 Å². The number of ether oxygens (including phenoxy) is 1. The first-order valence-electron chi connectivity index (χ1n) is 10.1. The second-order valence-electron chi connectivity index (χ2n) is 7.16. The monoisotopic (exact) mass is 466 g/mol. The van der Waals surface area contributed by atoms with Crippen LogP contribution in [0.25, 0.3) is 10.2 Å². The number of benzene rings is 1. The first-order chi connectivity index (χ1) is 16.0. The Kier molecular flexibility index (Phi) is 6.50. The maximum atomic E-state index is 13.0. The maximum absolute atomic E-state index is 13.0. The van der Waals surface area contributed by atoms with E-state index in [9.17, 15) is 14.4 Å². The van der Waals surface area contributed by atoms with E-state index in [2.05, 4.69) is 20.6 Å². The van der Waals surface area contributed by atoms with Crippen LogP contribution in [0.4, 0.5) is 5.95 Å². The molecule has 2 N–H and O–H groups in total. The summed E-state index contributed by atoms with van der Waals surface area (Å²) < 4.78 is 7.73. The highest BCUT2D eigenvalue weighted by molar-refractivity contribution is 7.20. The summed E-state index contributed by atoms with van der Waals surface area (Å²) in [5.41, 5.74) is -0.00564. The minimum absolute atomic E-state index is 0.132. The molecule has 0 fully saturated rings. The third kappa shape index (κ3) is 4.77. The number of anilines is 1. The third-order valence-electron chi connectivity index (χ3n) is 5.01. The number of carbonyl (C=O) groups is 1. The summed E-state index contributed by atoms with van der Waals surface area (Å²) in [6, 6.07) is 10.6. The van der Waals surface area contributed by atoms with Crippen LogP contribution in [0.1, 0.15) is 15.2 Å². The number of aryl methyl sites for hydroxylation is 1. The lowest BCUT2D eigenvalue weighted by Gasteiger charge is -2.09. The van der Waals surface area contributed by atoms with Crippen LogP contribution in [-0.4, -0.2) is 38.7 Å². The van der Waals surface area contributed by atoms with E-state index < -0.39 is 11.2 Å². The van der Waals surface area contributed by atoms with Crippen molar-refractivity contribution >= 4 is 33.4 Å². The van der Waals surface area contributed by atoms with E-state index in [0.29, 0.717) is 39.9 Å². The summed E-state index contributed by atoms with van der Waals surface area (Å²) >= 11 is 1.11. The molecule has 0 saturated heterocycles. The largest absolute Gasteiger partial charge is 0.497 e. The van der Waals surface area contributed by atoms with E-state index in [0.717, 1.165) is 21.5 Å². The fraction of sp³-hybridized carbons (Fsp3) is 0.227. The molecule has 0 aliphatic rings. The van der Waals surface area contributed by atoms with Crippen LogP contribution in [0.5, 0.6) is 5.75 Å². The molecular weight excluding hydrogens is 444 g/mol. The summed E-state index contributed by atoms with van der Waals surface area (Å²) in [4.78, 5) is 47.4. The number of nitrogens with zero attached hydrogens (tertiary/aromatic N) is 4. The van der Waals surface area contributed by atoms with Crippen LogP contribution < -0.4 is 26.6 Å². The molecule has 170 valence electrons. The number of rotatable bonds is 8. The number of aromatic nitrogens is 4. The van der Waals surface area contributed by atoms with Crippen LogP contribution in [0, 0.1) is 0 Å². The molecule has 3 aromatic heterocycles. The van der Waals surface area contributed by atoms with E-state index >= 15 is 0 Å². The molecule has 0 aliphatic carbocycles. The molecule has 0 spiro atoms. The quantitative estimate of drug-likeness (QED) is 0.405. The Labute approximate surface area is 192 Å². The second kappa shape index (κ2) is 9.65. The number of nitrogens with one attached hydrogen (secondary N) is 2. The third-order valence-corrected chi connectivity index (χ3v) is 6.22. The normalized spacial score (nSPS) is 10.8. The number of fused-ring (bicyclic) bond motifs is 1. The SMILES string of the molecule is COc1cccc(CNC(=O)c2cc3c(=O)n(CCNc4ncccn4)c(=O)n(C)c3s2)c1. The Morgan fingerprint density at radius 1 is 1.15 bits per heavy atom. The molecule has 0 saturated carbocycles. The molecule has 3 heterocycles. The lowest BCUT2D eigenvalue weighted by Crippen LogP contribution is -2.40. The molecule has 33 heavy (non-hydrogen) atoms. The number of methoxy groups -OCH3 is 1. The summed E-state index contributed by atoms with van der Waals surface area (Å²) in [7, 11) is 3.17. The molecule has 0 unspecified atom stereocenters. The Morgan fingerprint density at radius 3 is 2.70 bits per heavy atom. The summed E-state index contributed by atoms with van der Waals surface area (Å²) in [6.07, 6.45) is 3.19. The Balaban J connectivity index is 1.53. The fourth-order valence-corrected chi connectivity index (χ4v) is 4.34. The van der Waals surface area contributed by atoms with Crippen molar-refractivity contribution in [3.8, 4) is 5.75 Å². The highest BCUT2D eigenvalue weighted by Gasteiger charge is 2.17. The van der Waals surface area contributed by atoms with E-state index in [-0.39, 0.29) is 12.5 Å². The minimum Gasteiger partial charge on any atom is -0.497 e. The predicted octanol–water partition coefficient (Wildman–Crippen LogP) is 1.60. The van der Waals surface area contributed by atoms with E-state index in [1.54, 1.807) is 32.6 Å². The zero-order chi connectivity index (χ0) is 23.4. The first kappa shape index (κ1) is 22.2. The van der Waals surface area contributed by atoms with E-state index in [4.69, 9.17) is 4.74 Å². The van der Waals surface area contributed by atoms with Gasteiger partial charge in [-0.25, -0.2) is 14.8 Å². The average Bonchev–Trinajstić information content (AvgIpc) is 3.30. The standard InChI is InChI=1S/C22H22N6O4S/c1-27-20-16(19(30)28(22(27)31)10-9-25-21-23-7-4-8-24-21)12-17(33-20)18(29)26-13-14-5-3-6-15(11-14)32-2/h3-8,11-12H,9-10,13H2,1-2H3,(H,26,29)(H,23,24,25). The number of thiophene rings is 1. The minimum atomic E-state index is -0.450. The van der Waals surface area contributed by atoms with Gasteiger partial charge in [-0.1, -0.05) is 12.1 Å². The van der Waals surface area contributed by atoms with Crippen molar-refractivity contribution in [1.29, 1.82) is 0 Å². The molecule has 11 heteroatoms. The number of hydrogen-bond acceptors (Lipinski definition) is 8. The van der Waals surface area contributed by atoms with Gasteiger partial charge in [0.1, 0.15) is 10.6 Å². The van der Waals surface area contributed by atoms with Crippen molar-refractivity contribution in [3.63, 3.8) is 0 Å². The van der Waals surface area contributed by atoms with Gasteiger partial charge < -0.3 is 15.4 Å². The van der Waals surface area contributed by atoms with Gasteiger partial charge in [0, 0.05) is 39.1 Å². The molecule has 10 nitrogen and oxygen atoms in total. The molecule has 0 aliphatic heterocycles. The Bertz CT molecular complexity index is 1410. The van der Waals surface area contributed by atoms with Gasteiger partial charge >= 0.3 is 5.69 Å². The lowest BCUT2D eigenvalue weighted by molar-refractivity contribution is 0.0955. The van der Waals surface area contributed by atoms with Gasteiger partial charge in [-0.3, -0.25) is 18.7 Å². The Morgan fingerprint density at radius 2 is 1.94 bits per heavy atom. The molecule has 0 atom stereocenters. The molecule has 1 amide bonds. The van der Waals surface area contributed by atoms with Crippen LogP contribution >= 0.6 is 11.3 Å². The highest BCUT2D eigenvalue weighted by atomic mass is 32.1. The van der Waals surface area contributed by atoms with Gasteiger partial charge in [0.15, 0.2) is 0 Å². The molecule has 0 bridgehead atoms. The van der Waals surface area contributed by atoms with Gasteiger partial charge in [0.25, 0.3) is 11.5 Å². The van der Waals surface area contributed by atoms with Crippen molar-refractivity contribution in [3.05, 3.63) is 80.1 Å². The van der Waals surface area contributed by atoms with E-state index in [1.807, 2.05) is 24.3 Å². The van der Waals surface area contributed by atoms with Crippen LogP contribution in [0.15, 0.2) is 58.4 Å². The van der Waals surface area contributed by atoms with Gasteiger partial charge in [-0.15, -0.1) is 11.3 Å². The fourth-order valence-electron chi connectivity index (χ4n) is 3.31. The molecule has 0 radical (unpaired) electrons. The van der Waals surface area contributed by atoms with Crippen LogP contribution in [0.3, 0.4) is 0 Å². The van der Waals surface area contributed by atoms with Gasteiger partial charge in [0.05, 0.1) is 17.4 Å². The number of hydrogen-bond donors (Lipinski definition) is 2. The second-order valence-corrected chi connectivity index (χ2v) is 8.19. The summed E-state index contributed by atoms with van der Waals surface area (Å²) in [6.45, 7) is 0.732. The van der Waals surface area contributed by atoms with E-state index in [1.165, 1.54) is 10.6 Å². The van der Waals surface area contributed by atoms with Gasteiger partial charge in [-0.05, 0) is 29.8 Å². The average molecular weight is 467 g/mol. The van der Waals surface area contributed by atoms with Crippen molar-refractivity contribution < 1.29 is 9.53 Å². The number of amides is 1.